The number of nitrogens with one attached hydrogen (secondary N) is 2. The largest absolute Gasteiger partial charge is 0.434 e. The number of anilines is 1. The van der Waals surface area contributed by atoms with E-state index in [0.717, 1.165) is 11.4 Å². The summed E-state index contributed by atoms with van der Waals surface area (Å²) in [4.78, 5) is 17.8. The minimum atomic E-state index is -4.62. The highest BCUT2D eigenvalue weighted by molar-refractivity contribution is 6.01. The molecule has 0 unspecified atom stereocenters. The van der Waals surface area contributed by atoms with E-state index in [1.165, 1.54) is 0 Å². The molecule has 2 N–H and O–H groups in total. The maximum Gasteiger partial charge on any atom is 0.434 e. The van der Waals surface area contributed by atoms with Gasteiger partial charge in [0.15, 0.2) is 11.5 Å². The Bertz CT molecular complexity index is 1040. The molecule has 0 saturated carbocycles. The third-order valence-corrected chi connectivity index (χ3v) is 4.87. The van der Waals surface area contributed by atoms with Gasteiger partial charge in [-0.2, -0.15) is 13.2 Å². The number of aromatic nitrogens is 5. The summed E-state index contributed by atoms with van der Waals surface area (Å²) < 4.78 is 45.3. The Morgan fingerprint density at radius 1 is 1.38 bits per heavy atom. The summed E-state index contributed by atoms with van der Waals surface area (Å²) >= 11 is 0. The number of hydrogen-bond donors (Lipinski definition) is 2. The number of carbonyl (C=O) groups is 1. The number of aromatic amines is 1. The molecule has 3 heterocycles. The van der Waals surface area contributed by atoms with E-state index in [9.17, 15) is 18.0 Å². The van der Waals surface area contributed by atoms with Crippen LogP contribution in [0.5, 0.6) is 0 Å². The predicted molar refractivity (Wildman–Crippen MR) is 95.2 cm³/mol. The van der Waals surface area contributed by atoms with Crippen molar-refractivity contribution in [3.05, 3.63) is 59.7 Å². The Kier molecular flexibility index (Phi) is 4.61. The first kappa shape index (κ1) is 19.1. The van der Waals surface area contributed by atoms with E-state index >= 15 is 0 Å². The van der Waals surface area contributed by atoms with Gasteiger partial charge in [0.05, 0.1) is 13.2 Å². The number of hydrogen-bond acceptors (Lipinski definition) is 5. The molecule has 152 valence electrons. The highest BCUT2D eigenvalue weighted by atomic mass is 19.4. The molecule has 0 radical (unpaired) electrons. The van der Waals surface area contributed by atoms with Crippen molar-refractivity contribution in [1.82, 2.24) is 24.7 Å². The van der Waals surface area contributed by atoms with Gasteiger partial charge in [-0.3, -0.25) is 4.79 Å². The van der Waals surface area contributed by atoms with E-state index in [1.54, 1.807) is 24.5 Å². The Morgan fingerprint density at radius 3 is 2.76 bits per heavy atom. The number of nitrogens with zero attached hydrogens (tertiary/aromatic N) is 4. The zero-order valence-corrected chi connectivity index (χ0v) is 15.3. The van der Waals surface area contributed by atoms with Gasteiger partial charge in [0.2, 0.25) is 0 Å². The van der Waals surface area contributed by atoms with E-state index < -0.39 is 23.6 Å². The van der Waals surface area contributed by atoms with Crippen LogP contribution in [-0.2, 0) is 29.8 Å². The molecule has 0 spiro atoms. The topological polar surface area (TPSA) is 97.7 Å². The van der Waals surface area contributed by atoms with Crippen LogP contribution in [-0.4, -0.2) is 43.9 Å². The summed E-state index contributed by atoms with van der Waals surface area (Å²) in [5.74, 6) is -0.369. The molecule has 0 bridgehead atoms. The number of imidazole rings is 1. The van der Waals surface area contributed by atoms with E-state index in [4.69, 9.17) is 4.74 Å². The molecule has 3 aromatic rings. The van der Waals surface area contributed by atoms with Gasteiger partial charge in [-0.05, 0) is 17.7 Å². The molecule has 1 amide bonds. The van der Waals surface area contributed by atoms with Crippen LogP contribution in [0.1, 0.15) is 27.7 Å². The lowest BCUT2D eigenvalue weighted by Gasteiger charge is -2.41. The van der Waals surface area contributed by atoms with Crippen LogP contribution in [0.4, 0.5) is 18.9 Å². The molecule has 2 aromatic heterocycles. The van der Waals surface area contributed by atoms with Gasteiger partial charge in [-0.1, -0.05) is 12.1 Å². The summed E-state index contributed by atoms with van der Waals surface area (Å²) in [6.07, 6.45) is -1.73. The van der Waals surface area contributed by atoms with Gasteiger partial charge in [0.1, 0.15) is 12.2 Å². The van der Waals surface area contributed by atoms with Gasteiger partial charge in [0.25, 0.3) is 5.91 Å². The quantitative estimate of drug-likeness (QED) is 0.678. The SMILES string of the molecule is Cn1cnnc1CC1(c2cccc(NC(=O)c3nc(C(F)(F)F)c[nH]3)c2)COC1. The van der Waals surface area contributed by atoms with E-state index in [-0.39, 0.29) is 5.41 Å². The molecule has 1 saturated heterocycles. The molecular weight excluding hydrogens is 389 g/mol. The molecule has 0 aliphatic carbocycles. The van der Waals surface area contributed by atoms with E-state index in [2.05, 4.69) is 25.5 Å². The summed E-state index contributed by atoms with van der Waals surface area (Å²) in [6.45, 7) is 0.981. The Labute approximate surface area is 163 Å². The molecule has 1 aliphatic rings. The molecule has 1 fully saturated rings. The molecule has 1 aliphatic heterocycles. The first-order valence-corrected chi connectivity index (χ1v) is 8.72. The number of halogens is 3. The van der Waals surface area contributed by atoms with E-state index in [1.807, 2.05) is 17.7 Å². The summed E-state index contributed by atoms with van der Waals surface area (Å²) in [7, 11) is 1.86. The van der Waals surface area contributed by atoms with Crippen molar-refractivity contribution >= 4 is 11.6 Å². The monoisotopic (exact) mass is 406 g/mol. The van der Waals surface area contributed by atoms with Crippen molar-refractivity contribution in [3.63, 3.8) is 0 Å². The van der Waals surface area contributed by atoms with Crippen LogP contribution in [0.25, 0.3) is 0 Å². The molecular formula is C18H17F3N6O2. The minimum Gasteiger partial charge on any atom is -0.379 e. The number of benzene rings is 1. The number of amides is 1. The van der Waals surface area contributed by atoms with Gasteiger partial charge < -0.3 is 19.6 Å². The molecule has 4 rings (SSSR count). The van der Waals surface area contributed by atoms with Crippen molar-refractivity contribution in [2.45, 2.75) is 18.0 Å². The molecule has 1 aromatic carbocycles. The molecule has 0 atom stereocenters. The lowest BCUT2D eigenvalue weighted by atomic mass is 9.75. The zero-order chi connectivity index (χ0) is 20.6. The summed E-state index contributed by atoms with van der Waals surface area (Å²) in [6, 6.07) is 7.13. The Morgan fingerprint density at radius 2 is 2.17 bits per heavy atom. The maximum absolute atomic E-state index is 12.7. The normalized spacial score (nSPS) is 15.7. The van der Waals surface area contributed by atoms with Crippen LogP contribution < -0.4 is 5.32 Å². The highest BCUT2D eigenvalue weighted by Gasteiger charge is 2.42. The summed E-state index contributed by atoms with van der Waals surface area (Å²) in [5.41, 5.74) is -0.0809. The molecule has 29 heavy (non-hydrogen) atoms. The lowest BCUT2D eigenvalue weighted by Crippen LogP contribution is -2.49. The second-order valence-electron chi connectivity index (χ2n) is 6.97. The molecule has 11 heteroatoms. The van der Waals surface area contributed by atoms with Crippen molar-refractivity contribution in [3.8, 4) is 0 Å². The fourth-order valence-electron chi connectivity index (χ4n) is 3.19. The second kappa shape index (κ2) is 6.99. The van der Waals surface area contributed by atoms with Crippen LogP contribution in [0.3, 0.4) is 0 Å². The van der Waals surface area contributed by atoms with E-state index in [0.29, 0.717) is 31.5 Å². The smallest absolute Gasteiger partial charge is 0.379 e. The third-order valence-electron chi connectivity index (χ3n) is 4.87. The number of ether oxygens (including phenoxy) is 1. The Balaban J connectivity index is 1.53. The lowest BCUT2D eigenvalue weighted by molar-refractivity contribution is -0.140. The number of alkyl halides is 3. The molecule has 8 nitrogen and oxygen atoms in total. The van der Waals surface area contributed by atoms with Gasteiger partial charge in [0, 0.05) is 30.8 Å². The number of rotatable bonds is 5. The van der Waals surface area contributed by atoms with Crippen molar-refractivity contribution in [2.24, 2.45) is 7.05 Å². The number of H-pyrrole nitrogens is 1. The Hall–Kier alpha value is -3.21. The maximum atomic E-state index is 12.7. The predicted octanol–water partition coefficient (Wildman–Crippen LogP) is 2.32. The average Bonchev–Trinajstić information content (AvgIpc) is 3.27. The van der Waals surface area contributed by atoms with Crippen LogP contribution in [0.2, 0.25) is 0 Å². The van der Waals surface area contributed by atoms with Crippen molar-refractivity contribution < 1.29 is 22.7 Å². The van der Waals surface area contributed by atoms with Crippen molar-refractivity contribution in [2.75, 3.05) is 18.5 Å². The first-order chi connectivity index (χ1) is 13.8. The number of carbonyl (C=O) groups excluding carboxylic acids is 1. The standard InChI is InChI=1S/C18H17F3N6O2/c1-27-10-23-26-14(27)6-17(8-29-9-17)11-3-2-4-12(5-11)24-16(28)15-22-7-13(25-15)18(19,20)21/h2-5,7,10H,6,8-9H2,1H3,(H,22,25)(H,24,28). The second-order valence-corrected chi connectivity index (χ2v) is 6.97. The zero-order valence-electron chi connectivity index (χ0n) is 15.3. The van der Waals surface area contributed by atoms with Crippen LogP contribution in [0.15, 0.2) is 36.8 Å². The summed E-state index contributed by atoms with van der Waals surface area (Å²) in [5, 5.41) is 10.6. The van der Waals surface area contributed by atoms with Crippen LogP contribution >= 0.6 is 0 Å². The average molecular weight is 406 g/mol. The highest BCUT2D eigenvalue weighted by Crippen LogP contribution is 2.36. The fraction of sp³-hybridized carbons (Fsp3) is 0.333. The fourth-order valence-corrected chi connectivity index (χ4v) is 3.19. The van der Waals surface area contributed by atoms with Gasteiger partial charge >= 0.3 is 6.18 Å². The number of aryl methyl sites for hydroxylation is 1. The van der Waals surface area contributed by atoms with Crippen molar-refractivity contribution in [1.29, 1.82) is 0 Å². The first-order valence-electron chi connectivity index (χ1n) is 8.72. The minimum absolute atomic E-state index is 0.310. The van der Waals surface area contributed by atoms with Crippen LogP contribution in [0, 0.1) is 0 Å². The van der Waals surface area contributed by atoms with Gasteiger partial charge in [-0.15, -0.1) is 10.2 Å². The van der Waals surface area contributed by atoms with Gasteiger partial charge in [-0.25, -0.2) is 4.98 Å². The third kappa shape index (κ3) is 3.73.